The molecule has 0 saturated carbocycles. The number of nitrogens with two attached hydrogens (primary N) is 1. The van der Waals surface area contributed by atoms with E-state index in [1.54, 1.807) is 6.92 Å². The van der Waals surface area contributed by atoms with Gasteiger partial charge in [0, 0.05) is 17.7 Å². The average molecular weight is 281 g/mol. The topological polar surface area (TPSA) is 35.2 Å². The lowest BCUT2D eigenvalue weighted by molar-refractivity contribution is 0.291. The first-order valence-electron chi connectivity index (χ1n) is 6.09. The zero-order chi connectivity index (χ0) is 14.7. The molecular formula is C15H14F3NO. The quantitative estimate of drug-likeness (QED) is 0.927. The van der Waals surface area contributed by atoms with E-state index in [-0.39, 0.29) is 17.9 Å². The summed E-state index contributed by atoms with van der Waals surface area (Å²) in [6.45, 7) is 1.35. The molecule has 2 aromatic rings. The molecule has 5 heteroatoms. The minimum absolute atomic E-state index is 0.189. The molecule has 0 fully saturated rings. The van der Waals surface area contributed by atoms with E-state index >= 15 is 0 Å². The first-order chi connectivity index (χ1) is 9.49. The van der Waals surface area contributed by atoms with Gasteiger partial charge in [-0.1, -0.05) is 12.1 Å². The number of benzene rings is 2. The van der Waals surface area contributed by atoms with Gasteiger partial charge in [-0.15, -0.1) is 0 Å². The van der Waals surface area contributed by atoms with Crippen molar-refractivity contribution < 1.29 is 17.9 Å². The van der Waals surface area contributed by atoms with Crippen molar-refractivity contribution in [1.29, 1.82) is 0 Å². The summed E-state index contributed by atoms with van der Waals surface area (Å²) in [6, 6.07) is 7.27. The maximum Gasteiger partial charge on any atom is 0.132 e. The van der Waals surface area contributed by atoms with Gasteiger partial charge in [-0.05, 0) is 25.1 Å². The molecule has 0 unspecified atom stereocenters. The monoisotopic (exact) mass is 281 g/mol. The Balaban J connectivity index is 2.14. The molecular weight excluding hydrogens is 267 g/mol. The average Bonchev–Trinajstić information content (AvgIpc) is 2.37. The number of halogens is 3. The summed E-state index contributed by atoms with van der Waals surface area (Å²) in [6.07, 6.45) is 0. The summed E-state index contributed by atoms with van der Waals surface area (Å²) in [5, 5.41) is 0. The van der Waals surface area contributed by atoms with E-state index in [0.29, 0.717) is 5.56 Å². The van der Waals surface area contributed by atoms with Crippen molar-refractivity contribution in [3.8, 4) is 5.75 Å². The Morgan fingerprint density at radius 1 is 1.05 bits per heavy atom. The molecule has 2 N–H and O–H groups in total. The van der Waals surface area contributed by atoms with Crippen molar-refractivity contribution >= 4 is 0 Å². The predicted molar refractivity (Wildman–Crippen MR) is 69.7 cm³/mol. The second kappa shape index (κ2) is 5.96. The van der Waals surface area contributed by atoms with E-state index in [4.69, 9.17) is 10.5 Å². The summed E-state index contributed by atoms with van der Waals surface area (Å²) in [5.41, 5.74) is 5.75. The molecule has 2 nitrogen and oxygen atoms in total. The third-order valence-corrected chi connectivity index (χ3v) is 2.91. The van der Waals surface area contributed by atoms with E-state index in [1.807, 2.05) is 0 Å². The second-order valence-corrected chi connectivity index (χ2v) is 4.46. The lowest BCUT2D eigenvalue weighted by atomic mass is 10.1. The van der Waals surface area contributed by atoms with Gasteiger partial charge < -0.3 is 10.5 Å². The normalized spacial score (nSPS) is 12.2. The van der Waals surface area contributed by atoms with Crippen molar-refractivity contribution in [3.63, 3.8) is 0 Å². The van der Waals surface area contributed by atoms with Crippen LogP contribution >= 0.6 is 0 Å². The maximum atomic E-state index is 13.7. The van der Waals surface area contributed by atoms with Crippen LogP contribution in [0.3, 0.4) is 0 Å². The van der Waals surface area contributed by atoms with E-state index in [2.05, 4.69) is 0 Å². The molecule has 0 aliphatic rings. The molecule has 0 aliphatic carbocycles. The first-order valence-corrected chi connectivity index (χ1v) is 6.09. The number of hydrogen-bond donors (Lipinski definition) is 1. The predicted octanol–water partition coefficient (Wildman–Crippen LogP) is 3.70. The van der Waals surface area contributed by atoms with Crippen LogP contribution in [0.2, 0.25) is 0 Å². The highest BCUT2D eigenvalue weighted by Gasteiger charge is 2.11. The van der Waals surface area contributed by atoms with Crippen LogP contribution < -0.4 is 10.5 Å². The molecule has 20 heavy (non-hydrogen) atoms. The van der Waals surface area contributed by atoms with Gasteiger partial charge in [-0.25, -0.2) is 13.2 Å². The van der Waals surface area contributed by atoms with Gasteiger partial charge >= 0.3 is 0 Å². The van der Waals surface area contributed by atoms with Gasteiger partial charge in [0.15, 0.2) is 0 Å². The van der Waals surface area contributed by atoms with E-state index in [0.717, 1.165) is 18.2 Å². The van der Waals surface area contributed by atoms with Gasteiger partial charge in [0.1, 0.15) is 29.8 Å². The smallest absolute Gasteiger partial charge is 0.132 e. The van der Waals surface area contributed by atoms with Gasteiger partial charge in [0.05, 0.1) is 5.56 Å². The lowest BCUT2D eigenvalue weighted by Crippen LogP contribution is -2.08. The summed E-state index contributed by atoms with van der Waals surface area (Å²) in [5.74, 6) is -1.71. The van der Waals surface area contributed by atoms with Gasteiger partial charge in [-0.2, -0.15) is 0 Å². The molecule has 0 bridgehead atoms. The molecule has 0 amide bonds. The SMILES string of the molecule is C[C@H](N)c1ccc(OCc2c(F)cccc2F)cc1F. The first kappa shape index (κ1) is 14.4. The fraction of sp³-hybridized carbons (Fsp3) is 0.200. The Morgan fingerprint density at radius 2 is 1.70 bits per heavy atom. The number of ether oxygens (including phenoxy) is 1. The molecule has 0 heterocycles. The minimum atomic E-state index is -0.697. The van der Waals surface area contributed by atoms with Crippen molar-refractivity contribution in [2.45, 2.75) is 19.6 Å². The molecule has 0 aliphatic heterocycles. The zero-order valence-corrected chi connectivity index (χ0v) is 10.9. The number of rotatable bonds is 4. The van der Waals surface area contributed by atoms with Crippen LogP contribution in [0.25, 0.3) is 0 Å². The van der Waals surface area contributed by atoms with E-state index in [1.165, 1.54) is 18.2 Å². The van der Waals surface area contributed by atoms with Crippen LogP contribution in [0, 0.1) is 17.5 Å². The Morgan fingerprint density at radius 3 is 2.25 bits per heavy atom. The standard InChI is InChI=1S/C15H14F3NO/c1-9(19)11-6-5-10(7-15(11)18)20-8-12-13(16)3-2-4-14(12)17/h2-7,9H,8,19H2,1H3/t9-/m0/s1. The minimum Gasteiger partial charge on any atom is -0.489 e. The third-order valence-electron chi connectivity index (χ3n) is 2.91. The van der Waals surface area contributed by atoms with E-state index in [9.17, 15) is 13.2 Å². The van der Waals surface area contributed by atoms with Crippen molar-refractivity contribution in [3.05, 3.63) is 65.0 Å². The highest BCUT2D eigenvalue weighted by molar-refractivity contribution is 5.31. The largest absolute Gasteiger partial charge is 0.489 e. The highest BCUT2D eigenvalue weighted by atomic mass is 19.1. The van der Waals surface area contributed by atoms with Crippen LogP contribution in [-0.4, -0.2) is 0 Å². The third kappa shape index (κ3) is 3.11. The van der Waals surface area contributed by atoms with Crippen LogP contribution in [-0.2, 0) is 6.61 Å². The van der Waals surface area contributed by atoms with Crippen LogP contribution in [0.4, 0.5) is 13.2 Å². The van der Waals surface area contributed by atoms with Crippen molar-refractivity contribution in [2.75, 3.05) is 0 Å². The Labute approximate surface area is 115 Å². The summed E-state index contributed by atoms with van der Waals surface area (Å²) in [7, 11) is 0. The Hall–Kier alpha value is -2.01. The molecule has 2 rings (SSSR count). The molecule has 0 aromatic heterocycles. The maximum absolute atomic E-state index is 13.7. The molecule has 0 radical (unpaired) electrons. The highest BCUT2D eigenvalue weighted by Crippen LogP contribution is 2.22. The molecule has 1 atom stereocenters. The molecule has 2 aromatic carbocycles. The fourth-order valence-corrected chi connectivity index (χ4v) is 1.79. The van der Waals surface area contributed by atoms with Gasteiger partial charge in [0.2, 0.25) is 0 Å². The Kier molecular flexibility index (Phi) is 4.29. The van der Waals surface area contributed by atoms with Gasteiger partial charge in [-0.3, -0.25) is 0 Å². The second-order valence-electron chi connectivity index (χ2n) is 4.46. The molecule has 0 spiro atoms. The fourth-order valence-electron chi connectivity index (χ4n) is 1.79. The Bertz CT molecular complexity index is 594. The summed E-state index contributed by atoms with van der Waals surface area (Å²) < 4.78 is 45.7. The van der Waals surface area contributed by atoms with Crippen molar-refractivity contribution in [1.82, 2.24) is 0 Å². The zero-order valence-electron chi connectivity index (χ0n) is 10.9. The summed E-state index contributed by atoms with van der Waals surface area (Å²) >= 11 is 0. The van der Waals surface area contributed by atoms with E-state index < -0.39 is 23.5 Å². The lowest BCUT2D eigenvalue weighted by Gasteiger charge is -2.11. The summed E-state index contributed by atoms with van der Waals surface area (Å²) in [4.78, 5) is 0. The van der Waals surface area contributed by atoms with Crippen LogP contribution in [0.1, 0.15) is 24.1 Å². The molecule has 106 valence electrons. The molecule has 0 saturated heterocycles. The number of hydrogen-bond acceptors (Lipinski definition) is 2. The van der Waals surface area contributed by atoms with Crippen LogP contribution in [0.5, 0.6) is 5.75 Å². The van der Waals surface area contributed by atoms with Crippen LogP contribution in [0.15, 0.2) is 36.4 Å². The van der Waals surface area contributed by atoms with Crippen molar-refractivity contribution in [2.24, 2.45) is 5.73 Å². The van der Waals surface area contributed by atoms with Gasteiger partial charge in [0.25, 0.3) is 0 Å².